The predicted octanol–water partition coefficient (Wildman–Crippen LogP) is 4.35. The molecule has 2 heterocycles. The van der Waals surface area contributed by atoms with Crippen LogP contribution < -0.4 is 0 Å². The molecule has 0 amide bonds. The largest absolute Gasteiger partial charge is 0.394 e. The number of fused-ring (bicyclic) bond motifs is 1. The Morgan fingerprint density at radius 1 is 0.821 bits per heavy atom. The summed E-state index contributed by atoms with van der Waals surface area (Å²) in [6.07, 6.45) is -6.35. The van der Waals surface area contributed by atoms with E-state index in [0.717, 1.165) is 0 Å². The van der Waals surface area contributed by atoms with Crippen LogP contribution >= 0.6 is 0 Å². The lowest BCUT2D eigenvalue weighted by Crippen LogP contribution is -2.47. The van der Waals surface area contributed by atoms with Gasteiger partial charge in [-0.25, -0.2) is 22.5 Å². The van der Waals surface area contributed by atoms with Gasteiger partial charge >= 0.3 is 0 Å². The van der Waals surface area contributed by atoms with E-state index in [0.29, 0.717) is 11.1 Å². The third-order valence-corrected chi connectivity index (χ3v) is 5.31. The molecule has 0 radical (unpaired) electrons. The molecule has 2 aliphatic heterocycles. The monoisotopic (exact) mass is 397 g/mol. The SMILES string of the molecule is OCC12COC(c3ccc(C(F)F)cc3)N1[C@H](c1ccc(C(F)F)cc1)OC2. The number of aliphatic hydroxyl groups excluding tert-OH is 1. The molecule has 2 aliphatic rings. The second-order valence-corrected chi connectivity index (χ2v) is 7.05. The maximum absolute atomic E-state index is 12.8. The molecule has 0 saturated carbocycles. The highest BCUT2D eigenvalue weighted by Crippen LogP contribution is 2.49. The Morgan fingerprint density at radius 3 is 1.54 bits per heavy atom. The molecule has 2 fully saturated rings. The Balaban J connectivity index is 1.66. The van der Waals surface area contributed by atoms with Crippen LogP contribution in [0.15, 0.2) is 48.5 Å². The van der Waals surface area contributed by atoms with Crippen LogP contribution in [0.25, 0.3) is 0 Å². The second-order valence-electron chi connectivity index (χ2n) is 7.05. The Kier molecular flexibility index (Phi) is 5.13. The van der Waals surface area contributed by atoms with Gasteiger partial charge in [-0.3, -0.25) is 0 Å². The van der Waals surface area contributed by atoms with Crippen molar-refractivity contribution in [1.82, 2.24) is 4.90 Å². The standard InChI is InChI=1S/C20H19F4NO3/c21-16(22)12-1-5-14(6-2-12)18-25-19(28-11-20(25,9-26)10-27-18)15-7-3-13(4-8-15)17(23)24/h1-8,16-19,26H,9-11H2/t18-,19?,20?/m0/s1. The van der Waals surface area contributed by atoms with E-state index in [-0.39, 0.29) is 30.9 Å². The quantitative estimate of drug-likeness (QED) is 0.762. The van der Waals surface area contributed by atoms with Gasteiger partial charge in [0.25, 0.3) is 12.9 Å². The summed E-state index contributed by atoms with van der Waals surface area (Å²) in [6, 6.07) is 11.6. The van der Waals surface area contributed by atoms with E-state index >= 15 is 0 Å². The van der Waals surface area contributed by atoms with Crippen LogP contribution in [0, 0.1) is 0 Å². The first-order valence-electron chi connectivity index (χ1n) is 8.84. The van der Waals surface area contributed by atoms with E-state index in [2.05, 4.69) is 0 Å². The van der Waals surface area contributed by atoms with Crippen LogP contribution in [-0.4, -0.2) is 35.4 Å². The fourth-order valence-electron chi connectivity index (χ4n) is 3.74. The topological polar surface area (TPSA) is 41.9 Å². The minimum absolute atomic E-state index is 0.0908. The van der Waals surface area contributed by atoms with Gasteiger partial charge < -0.3 is 14.6 Å². The van der Waals surface area contributed by atoms with Crippen molar-refractivity contribution in [2.45, 2.75) is 30.8 Å². The van der Waals surface area contributed by atoms with Gasteiger partial charge in [-0.2, -0.15) is 0 Å². The summed E-state index contributed by atoms with van der Waals surface area (Å²) in [5, 5.41) is 9.99. The van der Waals surface area contributed by atoms with Crippen LogP contribution in [-0.2, 0) is 9.47 Å². The second kappa shape index (κ2) is 7.44. The van der Waals surface area contributed by atoms with E-state index in [1.165, 1.54) is 24.3 Å². The number of hydrogen-bond donors (Lipinski definition) is 1. The highest BCUT2D eigenvalue weighted by atomic mass is 19.3. The first-order chi connectivity index (χ1) is 13.4. The van der Waals surface area contributed by atoms with Crippen molar-refractivity contribution < 1.29 is 32.1 Å². The number of hydrogen-bond acceptors (Lipinski definition) is 4. The molecular formula is C20H19F4NO3. The summed E-state index contributed by atoms with van der Waals surface area (Å²) in [4.78, 5) is 1.85. The normalized spacial score (nSPS) is 27.7. The molecular weight excluding hydrogens is 378 g/mol. The number of benzene rings is 2. The van der Waals surface area contributed by atoms with Crippen LogP contribution in [0.5, 0.6) is 0 Å². The first-order valence-corrected chi connectivity index (χ1v) is 8.84. The number of ether oxygens (including phenoxy) is 2. The average molecular weight is 397 g/mol. The van der Waals surface area contributed by atoms with E-state index in [1.54, 1.807) is 24.3 Å². The van der Waals surface area contributed by atoms with Gasteiger partial charge in [-0.15, -0.1) is 0 Å². The lowest BCUT2D eigenvalue weighted by atomic mass is 10.0. The average Bonchev–Trinajstić information content (AvgIpc) is 3.26. The van der Waals surface area contributed by atoms with Crippen molar-refractivity contribution in [2.75, 3.05) is 19.8 Å². The van der Waals surface area contributed by atoms with E-state index in [9.17, 15) is 22.7 Å². The minimum Gasteiger partial charge on any atom is -0.394 e. The fourth-order valence-corrected chi connectivity index (χ4v) is 3.74. The molecule has 0 bridgehead atoms. The minimum atomic E-state index is -2.56. The fraction of sp³-hybridized carbons (Fsp3) is 0.400. The molecule has 2 aromatic carbocycles. The molecule has 2 saturated heterocycles. The van der Waals surface area contributed by atoms with E-state index < -0.39 is 30.8 Å². The van der Waals surface area contributed by atoms with Crippen molar-refractivity contribution in [3.8, 4) is 0 Å². The Hall–Kier alpha value is -2.00. The van der Waals surface area contributed by atoms with E-state index in [4.69, 9.17) is 9.47 Å². The molecule has 0 spiro atoms. The van der Waals surface area contributed by atoms with Gasteiger partial charge in [0.15, 0.2) is 0 Å². The van der Waals surface area contributed by atoms with Crippen molar-refractivity contribution in [2.24, 2.45) is 0 Å². The van der Waals surface area contributed by atoms with Gasteiger partial charge in [-0.05, 0) is 11.1 Å². The van der Waals surface area contributed by atoms with E-state index in [1.807, 2.05) is 4.90 Å². The molecule has 2 aromatic rings. The van der Waals surface area contributed by atoms with Crippen molar-refractivity contribution in [3.05, 3.63) is 70.8 Å². The number of aliphatic hydroxyl groups is 1. The van der Waals surface area contributed by atoms with Crippen LogP contribution in [0.4, 0.5) is 17.6 Å². The highest BCUT2D eigenvalue weighted by Gasteiger charge is 2.56. The molecule has 8 heteroatoms. The predicted molar refractivity (Wildman–Crippen MR) is 91.8 cm³/mol. The summed E-state index contributed by atoms with van der Waals surface area (Å²) in [6.45, 7) is 0.191. The molecule has 28 heavy (non-hydrogen) atoms. The highest BCUT2D eigenvalue weighted by molar-refractivity contribution is 5.30. The van der Waals surface area contributed by atoms with Crippen molar-refractivity contribution in [1.29, 1.82) is 0 Å². The molecule has 4 rings (SSSR count). The van der Waals surface area contributed by atoms with Crippen LogP contribution in [0.2, 0.25) is 0 Å². The summed E-state index contributed by atoms with van der Waals surface area (Å²) >= 11 is 0. The first kappa shape index (κ1) is 19.3. The van der Waals surface area contributed by atoms with Crippen LogP contribution in [0.3, 0.4) is 0 Å². The number of nitrogens with zero attached hydrogens (tertiary/aromatic N) is 1. The Morgan fingerprint density at radius 2 is 1.21 bits per heavy atom. The Labute approximate surface area is 159 Å². The molecule has 0 aliphatic carbocycles. The zero-order valence-electron chi connectivity index (χ0n) is 14.8. The zero-order chi connectivity index (χ0) is 19.9. The van der Waals surface area contributed by atoms with Crippen molar-refractivity contribution >= 4 is 0 Å². The van der Waals surface area contributed by atoms with Crippen LogP contribution in [0.1, 0.15) is 47.6 Å². The summed E-state index contributed by atoms with van der Waals surface area (Å²) in [5.41, 5.74) is 0.343. The molecule has 2 unspecified atom stereocenters. The zero-order valence-corrected chi connectivity index (χ0v) is 14.8. The third-order valence-electron chi connectivity index (χ3n) is 5.31. The number of alkyl halides is 4. The molecule has 4 nitrogen and oxygen atoms in total. The lowest BCUT2D eigenvalue weighted by molar-refractivity contribution is -0.0631. The molecule has 1 N–H and O–H groups in total. The summed E-state index contributed by atoms with van der Waals surface area (Å²) in [7, 11) is 0. The van der Waals surface area contributed by atoms with Gasteiger partial charge in [0, 0.05) is 11.1 Å². The van der Waals surface area contributed by atoms with Gasteiger partial charge in [0.2, 0.25) is 0 Å². The number of rotatable bonds is 5. The summed E-state index contributed by atoms with van der Waals surface area (Å²) in [5.74, 6) is 0. The smallest absolute Gasteiger partial charge is 0.263 e. The molecule has 0 aromatic heterocycles. The van der Waals surface area contributed by atoms with Crippen molar-refractivity contribution in [3.63, 3.8) is 0 Å². The van der Waals surface area contributed by atoms with Gasteiger partial charge in [0.1, 0.15) is 12.5 Å². The summed E-state index contributed by atoms with van der Waals surface area (Å²) < 4.78 is 63.1. The lowest BCUT2D eigenvalue weighted by Gasteiger charge is -2.33. The maximum atomic E-state index is 12.8. The molecule has 150 valence electrons. The van der Waals surface area contributed by atoms with Gasteiger partial charge in [0.05, 0.1) is 25.4 Å². The maximum Gasteiger partial charge on any atom is 0.263 e. The third kappa shape index (κ3) is 3.20. The number of halogens is 4. The molecule has 3 atom stereocenters. The Bertz CT molecular complexity index is 750. The van der Waals surface area contributed by atoms with Gasteiger partial charge in [-0.1, -0.05) is 48.5 Å².